The lowest BCUT2D eigenvalue weighted by Crippen LogP contribution is -2.15. The molecule has 6 heteroatoms. The Bertz CT molecular complexity index is 845. The van der Waals surface area contributed by atoms with E-state index in [9.17, 15) is 4.79 Å². The zero-order valence-electron chi connectivity index (χ0n) is 13.0. The molecular formula is C18H17ClN4O. The van der Waals surface area contributed by atoms with Crippen molar-refractivity contribution in [3.05, 3.63) is 81.9 Å². The van der Waals surface area contributed by atoms with Crippen LogP contribution in [0.25, 0.3) is 0 Å². The monoisotopic (exact) mass is 340 g/mol. The second-order valence-electron chi connectivity index (χ2n) is 5.52. The van der Waals surface area contributed by atoms with Crippen LogP contribution in [0.2, 0.25) is 5.02 Å². The molecule has 0 radical (unpaired) electrons. The number of primary amides is 1. The highest BCUT2D eigenvalue weighted by atomic mass is 35.5. The molecule has 2 heterocycles. The van der Waals surface area contributed by atoms with Gasteiger partial charge in [-0.2, -0.15) is 5.10 Å². The summed E-state index contributed by atoms with van der Waals surface area (Å²) in [5, 5.41) is 7.94. The molecule has 122 valence electrons. The van der Waals surface area contributed by atoms with Crippen LogP contribution in [0.1, 0.15) is 32.9 Å². The zero-order chi connectivity index (χ0) is 16.9. The van der Waals surface area contributed by atoms with Crippen LogP contribution in [0.3, 0.4) is 0 Å². The second-order valence-corrected chi connectivity index (χ2v) is 5.92. The third kappa shape index (κ3) is 3.63. The van der Waals surface area contributed by atoms with Crippen molar-refractivity contribution in [3.63, 3.8) is 0 Å². The number of nitrogens with two attached hydrogens (primary N) is 1. The average molecular weight is 341 g/mol. The molecule has 2 aromatic heterocycles. The smallest absolute Gasteiger partial charge is 0.252 e. The summed E-state index contributed by atoms with van der Waals surface area (Å²) in [6.07, 6.45) is 5.28. The molecule has 0 spiro atoms. The molecule has 0 aliphatic carbocycles. The minimum absolute atomic E-state index is 0.464. The molecule has 3 rings (SSSR count). The summed E-state index contributed by atoms with van der Waals surface area (Å²) < 4.78 is 0. The van der Waals surface area contributed by atoms with Crippen molar-refractivity contribution in [2.75, 3.05) is 0 Å². The number of hydrogen-bond donors (Lipinski definition) is 2. The van der Waals surface area contributed by atoms with E-state index < -0.39 is 5.91 Å². The first-order valence-corrected chi connectivity index (χ1v) is 8.01. The summed E-state index contributed by atoms with van der Waals surface area (Å²) in [6, 6.07) is 11.4. The highest BCUT2D eigenvalue weighted by molar-refractivity contribution is 6.31. The Labute approximate surface area is 144 Å². The van der Waals surface area contributed by atoms with Crippen molar-refractivity contribution in [3.8, 4) is 0 Å². The first-order chi connectivity index (χ1) is 11.6. The summed E-state index contributed by atoms with van der Waals surface area (Å²) >= 11 is 6.18. The maximum Gasteiger partial charge on any atom is 0.252 e. The normalized spacial score (nSPS) is 10.7. The van der Waals surface area contributed by atoms with Crippen molar-refractivity contribution >= 4 is 17.5 Å². The quantitative estimate of drug-likeness (QED) is 0.723. The van der Waals surface area contributed by atoms with Gasteiger partial charge in [0.25, 0.3) is 5.91 Å². The van der Waals surface area contributed by atoms with E-state index in [-0.39, 0.29) is 0 Å². The van der Waals surface area contributed by atoms with Crippen LogP contribution in [0.4, 0.5) is 0 Å². The molecule has 0 aliphatic heterocycles. The third-order valence-corrected chi connectivity index (χ3v) is 4.22. The minimum Gasteiger partial charge on any atom is -0.365 e. The topological polar surface area (TPSA) is 84.7 Å². The summed E-state index contributed by atoms with van der Waals surface area (Å²) in [6.45, 7) is 0. The van der Waals surface area contributed by atoms with E-state index in [0.29, 0.717) is 41.2 Å². The summed E-state index contributed by atoms with van der Waals surface area (Å²) in [7, 11) is 0. The summed E-state index contributed by atoms with van der Waals surface area (Å²) in [5.74, 6) is -0.475. The molecule has 0 bridgehead atoms. The molecule has 1 aromatic carbocycles. The molecule has 3 aromatic rings. The molecule has 5 nitrogen and oxygen atoms in total. The number of rotatable bonds is 6. The van der Waals surface area contributed by atoms with Gasteiger partial charge < -0.3 is 5.73 Å². The largest absolute Gasteiger partial charge is 0.365 e. The number of H-pyrrole nitrogens is 1. The predicted octanol–water partition coefficient (Wildman–Crippen LogP) is 2.93. The number of nitrogens with zero attached hydrogens (tertiary/aromatic N) is 2. The highest BCUT2D eigenvalue weighted by Crippen LogP contribution is 2.20. The number of carbonyl (C=O) groups excluding carboxylic acids is 1. The molecule has 0 unspecified atom stereocenters. The van der Waals surface area contributed by atoms with Crippen LogP contribution >= 0.6 is 11.6 Å². The molecule has 0 atom stereocenters. The van der Waals surface area contributed by atoms with E-state index in [4.69, 9.17) is 17.3 Å². The summed E-state index contributed by atoms with van der Waals surface area (Å²) in [5.41, 5.74) is 9.42. The Morgan fingerprint density at radius 2 is 2.00 bits per heavy atom. The van der Waals surface area contributed by atoms with E-state index in [1.54, 1.807) is 12.4 Å². The fourth-order valence-corrected chi connectivity index (χ4v) is 2.91. The molecule has 24 heavy (non-hydrogen) atoms. The van der Waals surface area contributed by atoms with Crippen molar-refractivity contribution in [2.24, 2.45) is 5.73 Å². The molecule has 3 N–H and O–H groups in total. The van der Waals surface area contributed by atoms with Gasteiger partial charge in [-0.05, 0) is 36.1 Å². The lowest BCUT2D eigenvalue weighted by Gasteiger charge is -2.04. The zero-order valence-corrected chi connectivity index (χ0v) is 13.8. The lowest BCUT2D eigenvalue weighted by molar-refractivity contribution is 0.0998. The first-order valence-electron chi connectivity index (χ1n) is 7.63. The number of halogens is 1. The van der Waals surface area contributed by atoms with Gasteiger partial charge in [-0.15, -0.1) is 0 Å². The maximum absolute atomic E-state index is 11.9. The number of nitrogens with one attached hydrogen (secondary N) is 1. The van der Waals surface area contributed by atoms with E-state index in [1.807, 2.05) is 36.4 Å². The average Bonchev–Trinajstić information content (AvgIpc) is 2.98. The molecule has 1 amide bonds. The molecular weight excluding hydrogens is 324 g/mol. The minimum atomic E-state index is -0.475. The fraction of sp³-hybridized carbons (Fsp3) is 0.167. The van der Waals surface area contributed by atoms with E-state index in [0.717, 1.165) is 11.1 Å². The Morgan fingerprint density at radius 3 is 2.71 bits per heavy atom. The van der Waals surface area contributed by atoms with Crippen molar-refractivity contribution in [2.45, 2.75) is 19.3 Å². The molecule has 0 saturated carbocycles. The number of benzene rings is 1. The van der Waals surface area contributed by atoms with Crippen LogP contribution in [-0.2, 0) is 19.3 Å². The predicted molar refractivity (Wildman–Crippen MR) is 93.0 cm³/mol. The Balaban J connectivity index is 1.81. The van der Waals surface area contributed by atoms with E-state index >= 15 is 0 Å². The van der Waals surface area contributed by atoms with Crippen LogP contribution in [0.15, 0.2) is 48.8 Å². The second kappa shape index (κ2) is 7.27. The number of amides is 1. The van der Waals surface area contributed by atoms with Crippen LogP contribution in [0.5, 0.6) is 0 Å². The number of hydrogen-bond acceptors (Lipinski definition) is 3. The molecule has 0 aliphatic rings. The van der Waals surface area contributed by atoms with Crippen LogP contribution < -0.4 is 5.73 Å². The fourth-order valence-electron chi connectivity index (χ4n) is 2.68. The van der Waals surface area contributed by atoms with Crippen molar-refractivity contribution < 1.29 is 4.79 Å². The number of aromatic amines is 1. The Morgan fingerprint density at radius 1 is 1.17 bits per heavy atom. The maximum atomic E-state index is 11.9. The lowest BCUT2D eigenvalue weighted by atomic mass is 10.0. The summed E-state index contributed by atoms with van der Waals surface area (Å²) in [4.78, 5) is 16.0. The van der Waals surface area contributed by atoms with Gasteiger partial charge in [0.15, 0.2) is 0 Å². The first kappa shape index (κ1) is 16.2. The number of carbonyl (C=O) groups is 1. The van der Waals surface area contributed by atoms with Gasteiger partial charge in [-0.25, -0.2) is 0 Å². The van der Waals surface area contributed by atoms with Crippen LogP contribution in [-0.4, -0.2) is 21.1 Å². The SMILES string of the molecule is NC(=O)c1c(CCc2ccccc2Cl)n[nH]c1Cc1cccnc1. The number of pyridine rings is 1. The standard InChI is InChI=1S/C18H17ClN4O/c19-14-6-2-1-5-13(14)7-8-15-17(18(20)24)16(23-22-15)10-12-4-3-9-21-11-12/h1-6,9,11H,7-8,10H2,(H2,20,24)(H,22,23). The van der Waals surface area contributed by atoms with Gasteiger partial charge in [0.05, 0.1) is 17.0 Å². The number of aromatic nitrogens is 3. The third-order valence-electron chi connectivity index (χ3n) is 3.86. The van der Waals surface area contributed by atoms with Crippen LogP contribution in [0, 0.1) is 0 Å². The molecule has 0 saturated heterocycles. The molecule has 0 fully saturated rings. The van der Waals surface area contributed by atoms with Gasteiger partial charge in [0.2, 0.25) is 0 Å². The highest BCUT2D eigenvalue weighted by Gasteiger charge is 2.18. The van der Waals surface area contributed by atoms with Gasteiger partial charge >= 0.3 is 0 Å². The van der Waals surface area contributed by atoms with Gasteiger partial charge in [0.1, 0.15) is 0 Å². The van der Waals surface area contributed by atoms with Crippen molar-refractivity contribution in [1.29, 1.82) is 0 Å². The Kier molecular flexibility index (Phi) is 4.91. The van der Waals surface area contributed by atoms with E-state index in [2.05, 4.69) is 15.2 Å². The van der Waals surface area contributed by atoms with Crippen molar-refractivity contribution in [1.82, 2.24) is 15.2 Å². The Hall–Kier alpha value is -2.66. The number of aryl methyl sites for hydroxylation is 2. The van der Waals surface area contributed by atoms with Gasteiger partial charge in [0, 0.05) is 23.8 Å². The van der Waals surface area contributed by atoms with Gasteiger partial charge in [-0.1, -0.05) is 35.9 Å². The van der Waals surface area contributed by atoms with Gasteiger partial charge in [-0.3, -0.25) is 14.9 Å². The van der Waals surface area contributed by atoms with E-state index in [1.165, 1.54) is 0 Å².